The van der Waals surface area contributed by atoms with Gasteiger partial charge in [-0.3, -0.25) is 4.79 Å². The van der Waals surface area contributed by atoms with Gasteiger partial charge in [0.05, 0.1) is 21.9 Å². The van der Waals surface area contributed by atoms with Crippen molar-refractivity contribution in [1.29, 1.82) is 0 Å². The standard InChI is InChI=1S/C11H8BrClN4O/c12-7-2-1-3-15-10(7)17-11(18)6-4-9(13)16-5-8(6)14/h1-5H,14H2,(H,15,17,18). The van der Waals surface area contributed by atoms with Gasteiger partial charge in [-0.15, -0.1) is 0 Å². The summed E-state index contributed by atoms with van der Waals surface area (Å²) in [7, 11) is 0. The van der Waals surface area contributed by atoms with Crippen LogP contribution in [0, 0.1) is 0 Å². The third-order valence-electron chi connectivity index (χ3n) is 2.14. The van der Waals surface area contributed by atoms with Crippen LogP contribution in [0.1, 0.15) is 10.4 Å². The molecule has 2 heterocycles. The van der Waals surface area contributed by atoms with Crippen LogP contribution in [-0.2, 0) is 0 Å². The lowest BCUT2D eigenvalue weighted by atomic mass is 10.2. The van der Waals surface area contributed by atoms with Gasteiger partial charge in [0.1, 0.15) is 11.0 Å². The van der Waals surface area contributed by atoms with Crippen molar-refractivity contribution < 1.29 is 4.79 Å². The second-order valence-corrected chi connectivity index (χ2v) is 4.62. The first-order valence-electron chi connectivity index (χ1n) is 4.91. The largest absolute Gasteiger partial charge is 0.397 e. The average molecular weight is 328 g/mol. The number of nitrogens with one attached hydrogen (secondary N) is 1. The Morgan fingerprint density at radius 1 is 1.44 bits per heavy atom. The second-order valence-electron chi connectivity index (χ2n) is 3.38. The fourth-order valence-corrected chi connectivity index (χ4v) is 1.80. The third-order valence-corrected chi connectivity index (χ3v) is 2.98. The second kappa shape index (κ2) is 5.32. The Bertz CT molecular complexity index is 605. The SMILES string of the molecule is Nc1cnc(Cl)cc1C(=O)Nc1ncccc1Br. The molecule has 0 aromatic carbocycles. The Morgan fingerprint density at radius 3 is 2.94 bits per heavy atom. The Labute approximate surface area is 117 Å². The van der Waals surface area contributed by atoms with E-state index in [1.54, 1.807) is 18.3 Å². The van der Waals surface area contributed by atoms with Crippen LogP contribution in [0.5, 0.6) is 0 Å². The summed E-state index contributed by atoms with van der Waals surface area (Å²) >= 11 is 9.01. The van der Waals surface area contributed by atoms with Gasteiger partial charge in [-0.25, -0.2) is 9.97 Å². The van der Waals surface area contributed by atoms with E-state index in [1.165, 1.54) is 12.3 Å². The number of hydrogen-bond acceptors (Lipinski definition) is 4. The minimum absolute atomic E-state index is 0.203. The number of anilines is 2. The molecule has 0 aliphatic heterocycles. The molecule has 7 heteroatoms. The van der Waals surface area contributed by atoms with E-state index in [0.717, 1.165) is 0 Å². The molecule has 18 heavy (non-hydrogen) atoms. The van der Waals surface area contributed by atoms with Crippen LogP contribution in [0.2, 0.25) is 5.15 Å². The lowest BCUT2D eigenvalue weighted by molar-refractivity contribution is 0.102. The van der Waals surface area contributed by atoms with Crippen LogP contribution in [0.25, 0.3) is 0 Å². The summed E-state index contributed by atoms with van der Waals surface area (Å²) in [6.07, 6.45) is 2.91. The molecule has 0 unspecified atom stereocenters. The van der Waals surface area contributed by atoms with Crippen molar-refractivity contribution in [2.45, 2.75) is 0 Å². The summed E-state index contributed by atoms with van der Waals surface area (Å²) in [6.45, 7) is 0. The number of nitrogen functional groups attached to an aromatic ring is 1. The average Bonchev–Trinajstić information content (AvgIpc) is 2.35. The number of carbonyl (C=O) groups excluding carboxylic acids is 1. The Hall–Kier alpha value is -1.66. The maximum atomic E-state index is 12.0. The van der Waals surface area contributed by atoms with E-state index in [4.69, 9.17) is 17.3 Å². The first-order valence-corrected chi connectivity index (χ1v) is 6.08. The summed E-state index contributed by atoms with van der Waals surface area (Å²) in [5.41, 5.74) is 6.18. The maximum Gasteiger partial charge on any atom is 0.259 e. The van der Waals surface area contributed by atoms with Crippen LogP contribution in [0.4, 0.5) is 11.5 Å². The van der Waals surface area contributed by atoms with E-state index < -0.39 is 5.91 Å². The molecule has 1 amide bonds. The zero-order valence-electron chi connectivity index (χ0n) is 9.02. The molecule has 0 radical (unpaired) electrons. The number of amides is 1. The molecule has 3 N–H and O–H groups in total. The van der Waals surface area contributed by atoms with Gasteiger partial charge in [-0.05, 0) is 34.1 Å². The van der Waals surface area contributed by atoms with Gasteiger partial charge in [0, 0.05) is 6.20 Å². The molecule has 0 saturated carbocycles. The van der Waals surface area contributed by atoms with Gasteiger partial charge in [0.2, 0.25) is 0 Å². The van der Waals surface area contributed by atoms with Gasteiger partial charge in [0.15, 0.2) is 0 Å². The third kappa shape index (κ3) is 2.77. The smallest absolute Gasteiger partial charge is 0.259 e. The number of halogens is 2. The topological polar surface area (TPSA) is 80.9 Å². The minimum Gasteiger partial charge on any atom is -0.397 e. The molecule has 0 fully saturated rings. The highest BCUT2D eigenvalue weighted by atomic mass is 79.9. The maximum absolute atomic E-state index is 12.0. The number of carbonyl (C=O) groups is 1. The van der Waals surface area contributed by atoms with Crippen LogP contribution >= 0.6 is 27.5 Å². The van der Waals surface area contributed by atoms with E-state index in [2.05, 4.69) is 31.2 Å². The van der Waals surface area contributed by atoms with Crippen LogP contribution < -0.4 is 11.1 Å². The van der Waals surface area contributed by atoms with Crippen molar-refractivity contribution in [1.82, 2.24) is 9.97 Å². The van der Waals surface area contributed by atoms with E-state index in [1.807, 2.05) is 0 Å². The molecule has 0 spiro atoms. The molecule has 2 rings (SSSR count). The van der Waals surface area contributed by atoms with Crippen LogP contribution in [-0.4, -0.2) is 15.9 Å². The zero-order valence-corrected chi connectivity index (χ0v) is 11.4. The highest BCUT2D eigenvalue weighted by Gasteiger charge is 2.13. The Kier molecular flexibility index (Phi) is 3.78. The molecular weight excluding hydrogens is 320 g/mol. The highest BCUT2D eigenvalue weighted by Crippen LogP contribution is 2.21. The van der Waals surface area contributed by atoms with Gasteiger partial charge in [-0.2, -0.15) is 0 Å². The van der Waals surface area contributed by atoms with Crippen molar-refractivity contribution in [3.05, 3.63) is 45.8 Å². The lowest BCUT2D eigenvalue weighted by Crippen LogP contribution is -2.15. The quantitative estimate of drug-likeness (QED) is 0.831. The number of nitrogens with two attached hydrogens (primary N) is 1. The molecule has 5 nitrogen and oxygen atoms in total. The van der Waals surface area contributed by atoms with Gasteiger partial charge < -0.3 is 11.1 Å². The fourth-order valence-electron chi connectivity index (χ4n) is 1.29. The van der Waals surface area contributed by atoms with Crippen molar-refractivity contribution in [3.8, 4) is 0 Å². The molecule has 0 aliphatic carbocycles. The molecule has 2 aromatic heterocycles. The van der Waals surface area contributed by atoms with Gasteiger partial charge >= 0.3 is 0 Å². The predicted molar refractivity (Wildman–Crippen MR) is 73.5 cm³/mol. The van der Waals surface area contributed by atoms with Crippen molar-refractivity contribution >= 4 is 44.9 Å². The van der Waals surface area contributed by atoms with E-state index in [9.17, 15) is 4.79 Å². The monoisotopic (exact) mass is 326 g/mol. The molecule has 0 bridgehead atoms. The number of nitrogens with zero attached hydrogens (tertiary/aromatic N) is 2. The molecule has 2 aromatic rings. The van der Waals surface area contributed by atoms with Crippen LogP contribution in [0.15, 0.2) is 35.1 Å². The number of hydrogen-bond donors (Lipinski definition) is 2. The summed E-state index contributed by atoms with van der Waals surface area (Å²) < 4.78 is 0.678. The summed E-state index contributed by atoms with van der Waals surface area (Å²) in [6, 6.07) is 4.92. The van der Waals surface area contributed by atoms with E-state index in [0.29, 0.717) is 10.3 Å². The van der Waals surface area contributed by atoms with Gasteiger partial charge in [0.25, 0.3) is 5.91 Å². The van der Waals surface area contributed by atoms with E-state index in [-0.39, 0.29) is 16.4 Å². The summed E-state index contributed by atoms with van der Waals surface area (Å²) in [5.74, 6) is 0.0195. The van der Waals surface area contributed by atoms with Crippen molar-refractivity contribution in [2.75, 3.05) is 11.1 Å². The first-order chi connectivity index (χ1) is 8.58. The minimum atomic E-state index is -0.392. The highest BCUT2D eigenvalue weighted by molar-refractivity contribution is 9.10. The lowest BCUT2D eigenvalue weighted by Gasteiger charge is -2.07. The van der Waals surface area contributed by atoms with Crippen LogP contribution in [0.3, 0.4) is 0 Å². The van der Waals surface area contributed by atoms with Crippen molar-refractivity contribution in [3.63, 3.8) is 0 Å². The zero-order chi connectivity index (χ0) is 13.1. The fraction of sp³-hybridized carbons (Fsp3) is 0. The number of pyridine rings is 2. The molecule has 0 aliphatic rings. The molecule has 92 valence electrons. The number of aromatic nitrogens is 2. The molecule has 0 saturated heterocycles. The summed E-state index contributed by atoms with van der Waals surface area (Å²) in [5, 5.41) is 2.83. The molecular formula is C11H8BrClN4O. The van der Waals surface area contributed by atoms with E-state index >= 15 is 0 Å². The number of rotatable bonds is 2. The van der Waals surface area contributed by atoms with Gasteiger partial charge in [-0.1, -0.05) is 11.6 Å². The predicted octanol–water partition coefficient (Wildman–Crippen LogP) is 2.73. The first kappa shape index (κ1) is 12.8. The summed E-state index contributed by atoms with van der Waals surface area (Å²) in [4.78, 5) is 19.8. The van der Waals surface area contributed by atoms with Crippen molar-refractivity contribution in [2.24, 2.45) is 0 Å². The molecule has 0 atom stereocenters. The Morgan fingerprint density at radius 2 is 2.22 bits per heavy atom. The normalized spacial score (nSPS) is 10.1. The Balaban J connectivity index is 2.28.